The number of amides is 1. The lowest BCUT2D eigenvalue weighted by Crippen LogP contribution is -2.32. The van der Waals surface area contributed by atoms with Gasteiger partial charge in [0.2, 0.25) is 0 Å². The van der Waals surface area contributed by atoms with Crippen molar-refractivity contribution in [2.24, 2.45) is 0 Å². The molecule has 0 aliphatic carbocycles. The van der Waals surface area contributed by atoms with Crippen molar-refractivity contribution in [1.82, 2.24) is 4.90 Å². The molecule has 1 heterocycles. The molecule has 1 aliphatic rings. The lowest BCUT2D eigenvalue weighted by atomic mass is 9.94. The molecule has 0 saturated carbocycles. The Kier molecular flexibility index (Phi) is 7.83. The van der Waals surface area contributed by atoms with Crippen LogP contribution in [0.5, 0.6) is 17.2 Å². The Bertz CT molecular complexity index is 1110. The highest BCUT2D eigenvalue weighted by Gasteiger charge is 2.46. The maximum absolute atomic E-state index is 13.1. The van der Waals surface area contributed by atoms with Crippen LogP contribution in [0.4, 0.5) is 0 Å². The topological polar surface area (TPSA) is 106 Å². The number of phenolic OH excluding ortho intramolecular Hbond substituents is 1. The van der Waals surface area contributed by atoms with Crippen molar-refractivity contribution >= 4 is 17.4 Å². The van der Waals surface area contributed by atoms with E-state index in [2.05, 4.69) is 0 Å². The smallest absolute Gasteiger partial charge is 0.295 e. The van der Waals surface area contributed by atoms with E-state index < -0.39 is 17.7 Å². The van der Waals surface area contributed by atoms with Gasteiger partial charge in [-0.3, -0.25) is 9.59 Å². The van der Waals surface area contributed by atoms with Crippen molar-refractivity contribution in [1.29, 1.82) is 0 Å². The molecule has 8 nitrogen and oxygen atoms in total. The molecule has 0 aromatic heterocycles. The maximum atomic E-state index is 13.1. The molecule has 1 atom stereocenters. The fourth-order valence-electron chi connectivity index (χ4n) is 3.96. The van der Waals surface area contributed by atoms with Gasteiger partial charge in [0.1, 0.15) is 11.5 Å². The normalized spacial score (nSPS) is 17.5. The van der Waals surface area contributed by atoms with Gasteiger partial charge in [-0.05, 0) is 69.2 Å². The van der Waals surface area contributed by atoms with Crippen LogP contribution in [0.1, 0.15) is 43.5 Å². The molecule has 3 rings (SSSR count). The van der Waals surface area contributed by atoms with Crippen LogP contribution in [0.15, 0.2) is 42.0 Å². The molecule has 2 N–H and O–H groups in total. The lowest BCUT2D eigenvalue weighted by Gasteiger charge is -2.25. The molecule has 182 valence electrons. The fourth-order valence-corrected chi connectivity index (χ4v) is 3.96. The minimum atomic E-state index is -0.873. The number of nitrogens with zero attached hydrogens (tertiary/aromatic N) is 1. The number of aryl methyl sites for hydroxylation is 1. The average Bonchev–Trinajstić information content (AvgIpc) is 3.04. The summed E-state index contributed by atoms with van der Waals surface area (Å²) in [6, 6.07) is 8.85. The minimum Gasteiger partial charge on any atom is -0.507 e. The number of ether oxygens (including phenoxy) is 3. The molecule has 1 aliphatic heterocycles. The van der Waals surface area contributed by atoms with E-state index in [4.69, 9.17) is 14.2 Å². The van der Waals surface area contributed by atoms with Gasteiger partial charge in [-0.25, -0.2) is 0 Å². The Hall–Kier alpha value is -3.52. The summed E-state index contributed by atoms with van der Waals surface area (Å²) in [6.07, 6.45) is -0.0155. The molecule has 1 fully saturated rings. The van der Waals surface area contributed by atoms with Crippen LogP contribution in [0, 0.1) is 6.92 Å². The summed E-state index contributed by atoms with van der Waals surface area (Å²) in [4.78, 5) is 27.4. The van der Waals surface area contributed by atoms with E-state index in [0.717, 1.165) is 5.56 Å². The number of ketones is 1. The number of aliphatic hydroxyl groups excluding tert-OH is 1. The summed E-state index contributed by atoms with van der Waals surface area (Å²) >= 11 is 0. The molecular weight excluding hydrogens is 438 g/mol. The minimum absolute atomic E-state index is 0.0155. The maximum Gasteiger partial charge on any atom is 0.295 e. The van der Waals surface area contributed by atoms with Crippen molar-refractivity contribution in [3.05, 3.63) is 58.7 Å². The number of phenols is 1. The van der Waals surface area contributed by atoms with Crippen molar-refractivity contribution in [2.75, 3.05) is 26.9 Å². The molecule has 1 saturated heterocycles. The first-order valence-electron chi connectivity index (χ1n) is 11.2. The van der Waals surface area contributed by atoms with Gasteiger partial charge < -0.3 is 29.3 Å². The van der Waals surface area contributed by atoms with E-state index in [-0.39, 0.29) is 42.1 Å². The van der Waals surface area contributed by atoms with Crippen molar-refractivity contribution in [3.63, 3.8) is 0 Å². The van der Waals surface area contributed by atoms with E-state index in [1.165, 1.54) is 18.1 Å². The van der Waals surface area contributed by atoms with Gasteiger partial charge in [0, 0.05) is 19.2 Å². The van der Waals surface area contributed by atoms with Gasteiger partial charge >= 0.3 is 0 Å². The predicted molar refractivity (Wildman–Crippen MR) is 127 cm³/mol. The van der Waals surface area contributed by atoms with Crippen molar-refractivity contribution in [3.8, 4) is 17.2 Å². The summed E-state index contributed by atoms with van der Waals surface area (Å²) in [6.45, 7) is 8.15. The molecule has 1 amide bonds. The van der Waals surface area contributed by atoms with Crippen LogP contribution >= 0.6 is 0 Å². The quantitative estimate of drug-likeness (QED) is 0.325. The van der Waals surface area contributed by atoms with Gasteiger partial charge in [0.15, 0.2) is 11.5 Å². The first kappa shape index (κ1) is 25.1. The highest BCUT2D eigenvalue weighted by atomic mass is 16.5. The SMILES string of the molecule is CCOc1cc(C2/C(=C(/O)c3ccc(OC(C)C)c(C)c3)C(=O)C(=O)N2CCOC)ccc1O. The largest absolute Gasteiger partial charge is 0.507 e. The van der Waals surface area contributed by atoms with E-state index >= 15 is 0 Å². The summed E-state index contributed by atoms with van der Waals surface area (Å²) in [5.41, 5.74) is 1.67. The predicted octanol–water partition coefficient (Wildman–Crippen LogP) is 3.95. The van der Waals surface area contributed by atoms with Gasteiger partial charge in [-0.1, -0.05) is 6.07 Å². The van der Waals surface area contributed by atoms with Gasteiger partial charge in [0.25, 0.3) is 11.7 Å². The van der Waals surface area contributed by atoms with Crippen LogP contribution in [0.25, 0.3) is 5.76 Å². The van der Waals surface area contributed by atoms with Crippen LogP contribution in [-0.4, -0.2) is 59.8 Å². The summed E-state index contributed by atoms with van der Waals surface area (Å²) in [5, 5.41) is 21.4. The second-order valence-corrected chi connectivity index (χ2v) is 8.29. The summed E-state index contributed by atoms with van der Waals surface area (Å²) < 4.78 is 16.4. The zero-order valence-electron chi connectivity index (χ0n) is 20.1. The Morgan fingerprint density at radius 1 is 1.12 bits per heavy atom. The number of methoxy groups -OCH3 is 1. The van der Waals surface area contributed by atoms with E-state index in [1.807, 2.05) is 20.8 Å². The zero-order chi connectivity index (χ0) is 25.0. The molecule has 2 aromatic rings. The van der Waals surface area contributed by atoms with Gasteiger partial charge in [-0.15, -0.1) is 0 Å². The Morgan fingerprint density at radius 3 is 2.47 bits per heavy atom. The van der Waals surface area contributed by atoms with Crippen LogP contribution in [0.2, 0.25) is 0 Å². The second kappa shape index (κ2) is 10.6. The average molecular weight is 470 g/mol. The molecule has 8 heteroatoms. The molecule has 2 aromatic carbocycles. The van der Waals surface area contributed by atoms with E-state index in [9.17, 15) is 19.8 Å². The number of likely N-dealkylation sites (tertiary alicyclic amines) is 1. The third-order valence-electron chi connectivity index (χ3n) is 5.49. The first-order chi connectivity index (χ1) is 16.2. The number of aliphatic hydroxyl groups is 1. The highest BCUT2D eigenvalue weighted by Crippen LogP contribution is 2.42. The van der Waals surface area contributed by atoms with E-state index in [0.29, 0.717) is 23.5 Å². The molecule has 0 spiro atoms. The molecule has 0 radical (unpaired) electrons. The van der Waals surface area contributed by atoms with Gasteiger partial charge in [-0.2, -0.15) is 0 Å². The third kappa shape index (κ3) is 5.02. The Balaban J connectivity index is 2.15. The number of Topliss-reactive ketones (excluding diaryl/α,β-unsaturated/α-hetero) is 1. The van der Waals surface area contributed by atoms with Crippen molar-refractivity contribution in [2.45, 2.75) is 39.8 Å². The van der Waals surface area contributed by atoms with Crippen LogP contribution < -0.4 is 9.47 Å². The molecule has 1 unspecified atom stereocenters. The molecule has 0 bridgehead atoms. The number of rotatable bonds is 9. The van der Waals surface area contributed by atoms with Crippen molar-refractivity contribution < 1.29 is 34.0 Å². The van der Waals surface area contributed by atoms with Crippen LogP contribution in [-0.2, 0) is 14.3 Å². The second-order valence-electron chi connectivity index (χ2n) is 8.29. The third-order valence-corrected chi connectivity index (χ3v) is 5.49. The molecule has 34 heavy (non-hydrogen) atoms. The fraction of sp³-hybridized carbons (Fsp3) is 0.385. The first-order valence-corrected chi connectivity index (χ1v) is 11.2. The Morgan fingerprint density at radius 2 is 1.85 bits per heavy atom. The van der Waals surface area contributed by atoms with Gasteiger partial charge in [0.05, 0.1) is 30.9 Å². The number of carbonyl (C=O) groups excluding carboxylic acids is 2. The number of aromatic hydroxyl groups is 1. The summed E-state index contributed by atoms with van der Waals surface area (Å²) in [5.74, 6) is -0.966. The van der Waals surface area contributed by atoms with Crippen LogP contribution in [0.3, 0.4) is 0 Å². The number of benzene rings is 2. The molecular formula is C26H31NO7. The highest BCUT2D eigenvalue weighted by molar-refractivity contribution is 6.46. The summed E-state index contributed by atoms with van der Waals surface area (Å²) in [7, 11) is 1.50. The zero-order valence-corrected chi connectivity index (χ0v) is 20.1. The standard InChI is InChI=1S/C26H31NO7/c1-6-33-21-14-17(7-9-19(21)28)23-22(25(30)26(31)27(23)11-12-32-5)24(29)18-8-10-20(16(4)13-18)34-15(2)3/h7-10,13-15,23,28-29H,6,11-12H2,1-5H3/b24-22-. The monoisotopic (exact) mass is 469 g/mol. The lowest BCUT2D eigenvalue weighted by molar-refractivity contribution is -0.140. The number of hydrogen-bond acceptors (Lipinski definition) is 7. The number of hydrogen-bond donors (Lipinski definition) is 2. The van der Waals surface area contributed by atoms with E-state index in [1.54, 1.807) is 37.3 Å². The Labute approximate surface area is 199 Å². The number of carbonyl (C=O) groups is 2.